The average Bonchev–Trinajstić information content (AvgIpc) is 3.55. The highest BCUT2D eigenvalue weighted by atomic mass is 32.2. The third-order valence-corrected chi connectivity index (χ3v) is 7.64. The Hall–Kier alpha value is -3.55. The quantitative estimate of drug-likeness (QED) is 0.254. The van der Waals surface area contributed by atoms with E-state index in [2.05, 4.69) is 35.2 Å². The Balaban J connectivity index is 1.18. The molecule has 0 N–H and O–H groups in total. The maximum atomic E-state index is 12.0. The first-order valence-electron chi connectivity index (χ1n) is 12.4. The van der Waals surface area contributed by atoms with E-state index in [0.29, 0.717) is 25.5 Å². The number of hydrogen-bond donors (Lipinski definition) is 0. The van der Waals surface area contributed by atoms with Crippen molar-refractivity contribution >= 4 is 17.7 Å². The van der Waals surface area contributed by atoms with Gasteiger partial charge in [0.1, 0.15) is 11.5 Å². The van der Waals surface area contributed by atoms with Crippen LogP contribution < -0.4 is 4.74 Å². The summed E-state index contributed by atoms with van der Waals surface area (Å²) in [5.74, 6) is 2.96. The SMILES string of the molecule is COC(=O)C1SCCN1Cc1cccc(OCCc2nc(-c3ccc(-c4ccccc4)cc3)oc2C)c1. The molecule has 2 heterocycles. The molecule has 190 valence electrons. The maximum Gasteiger partial charge on any atom is 0.333 e. The molecule has 1 unspecified atom stereocenters. The van der Waals surface area contributed by atoms with Crippen molar-refractivity contribution in [3.05, 3.63) is 95.9 Å². The zero-order chi connectivity index (χ0) is 25.6. The first kappa shape index (κ1) is 25.1. The minimum absolute atomic E-state index is 0.190. The second-order valence-electron chi connectivity index (χ2n) is 8.93. The van der Waals surface area contributed by atoms with Crippen LogP contribution in [0, 0.1) is 6.92 Å². The Labute approximate surface area is 221 Å². The third-order valence-electron chi connectivity index (χ3n) is 6.41. The molecule has 6 nitrogen and oxygen atoms in total. The Kier molecular flexibility index (Phi) is 7.92. The van der Waals surface area contributed by atoms with E-state index in [1.807, 2.05) is 55.5 Å². The number of esters is 1. The molecule has 1 saturated heterocycles. The number of thioether (sulfide) groups is 1. The van der Waals surface area contributed by atoms with E-state index in [9.17, 15) is 4.79 Å². The highest BCUT2D eigenvalue weighted by molar-refractivity contribution is 8.00. The molecule has 3 aromatic carbocycles. The fourth-order valence-electron chi connectivity index (χ4n) is 4.44. The minimum atomic E-state index is -0.242. The molecule has 7 heteroatoms. The molecule has 0 aliphatic carbocycles. The van der Waals surface area contributed by atoms with Crippen LogP contribution in [-0.2, 0) is 22.5 Å². The van der Waals surface area contributed by atoms with Crippen LogP contribution in [0.4, 0.5) is 0 Å². The highest BCUT2D eigenvalue weighted by Crippen LogP contribution is 2.28. The van der Waals surface area contributed by atoms with Gasteiger partial charge in [-0.15, -0.1) is 11.8 Å². The summed E-state index contributed by atoms with van der Waals surface area (Å²) in [4.78, 5) is 18.9. The molecule has 4 aromatic rings. The van der Waals surface area contributed by atoms with Crippen molar-refractivity contribution in [3.63, 3.8) is 0 Å². The van der Waals surface area contributed by atoms with Gasteiger partial charge in [0.05, 0.1) is 19.4 Å². The smallest absolute Gasteiger partial charge is 0.333 e. The van der Waals surface area contributed by atoms with Gasteiger partial charge in [0.2, 0.25) is 5.89 Å². The highest BCUT2D eigenvalue weighted by Gasteiger charge is 2.32. The van der Waals surface area contributed by atoms with E-state index in [1.54, 1.807) is 11.8 Å². The lowest BCUT2D eigenvalue weighted by molar-refractivity contribution is -0.143. The van der Waals surface area contributed by atoms with Gasteiger partial charge in [-0.25, -0.2) is 9.78 Å². The molecule has 1 atom stereocenters. The lowest BCUT2D eigenvalue weighted by Crippen LogP contribution is -2.34. The van der Waals surface area contributed by atoms with E-state index in [-0.39, 0.29) is 11.3 Å². The number of nitrogens with zero attached hydrogens (tertiary/aromatic N) is 2. The largest absolute Gasteiger partial charge is 0.493 e. The predicted molar refractivity (Wildman–Crippen MR) is 146 cm³/mol. The summed E-state index contributed by atoms with van der Waals surface area (Å²) in [5, 5.41) is -0.242. The second-order valence-corrected chi connectivity index (χ2v) is 10.1. The maximum absolute atomic E-state index is 12.0. The monoisotopic (exact) mass is 514 g/mol. The minimum Gasteiger partial charge on any atom is -0.493 e. The van der Waals surface area contributed by atoms with Crippen molar-refractivity contribution in [2.75, 3.05) is 26.0 Å². The first-order valence-corrected chi connectivity index (χ1v) is 13.4. The van der Waals surface area contributed by atoms with E-state index in [0.717, 1.165) is 46.2 Å². The van der Waals surface area contributed by atoms with Crippen molar-refractivity contribution in [3.8, 4) is 28.3 Å². The molecule has 1 aliphatic heterocycles. The van der Waals surface area contributed by atoms with Crippen LogP contribution in [0.25, 0.3) is 22.6 Å². The van der Waals surface area contributed by atoms with E-state index in [4.69, 9.17) is 18.9 Å². The number of benzene rings is 3. The zero-order valence-corrected chi connectivity index (χ0v) is 21.9. The van der Waals surface area contributed by atoms with Gasteiger partial charge < -0.3 is 13.9 Å². The van der Waals surface area contributed by atoms with Crippen molar-refractivity contribution in [1.29, 1.82) is 0 Å². The van der Waals surface area contributed by atoms with E-state index < -0.39 is 0 Å². The number of ether oxygens (including phenoxy) is 2. The fourth-order valence-corrected chi connectivity index (χ4v) is 5.62. The van der Waals surface area contributed by atoms with Gasteiger partial charge >= 0.3 is 5.97 Å². The lowest BCUT2D eigenvalue weighted by Gasteiger charge is -2.21. The van der Waals surface area contributed by atoms with Crippen molar-refractivity contribution < 1.29 is 18.7 Å². The molecule has 0 radical (unpaired) electrons. The van der Waals surface area contributed by atoms with Gasteiger partial charge in [-0.2, -0.15) is 0 Å². The van der Waals surface area contributed by atoms with E-state index in [1.165, 1.54) is 12.7 Å². The van der Waals surface area contributed by atoms with Crippen LogP contribution in [0.15, 0.2) is 83.3 Å². The van der Waals surface area contributed by atoms with Gasteiger partial charge in [-0.3, -0.25) is 4.90 Å². The number of oxazole rings is 1. The first-order chi connectivity index (χ1) is 18.1. The van der Waals surface area contributed by atoms with Crippen molar-refractivity contribution in [2.45, 2.75) is 25.3 Å². The zero-order valence-electron chi connectivity index (χ0n) is 21.1. The number of carbonyl (C=O) groups is 1. The van der Waals surface area contributed by atoms with Crippen molar-refractivity contribution in [2.24, 2.45) is 0 Å². The normalized spacial score (nSPS) is 15.6. The molecule has 0 bridgehead atoms. The molecule has 0 saturated carbocycles. The van der Waals surface area contributed by atoms with Crippen LogP contribution in [0.3, 0.4) is 0 Å². The molecule has 1 aliphatic rings. The van der Waals surface area contributed by atoms with Gasteiger partial charge in [0.15, 0.2) is 5.37 Å². The van der Waals surface area contributed by atoms with E-state index >= 15 is 0 Å². The Morgan fingerprint density at radius 1 is 1.03 bits per heavy atom. The van der Waals surface area contributed by atoms with Gasteiger partial charge in [-0.05, 0) is 47.9 Å². The molecule has 0 spiro atoms. The molecule has 0 amide bonds. The number of rotatable bonds is 9. The molecule has 1 aromatic heterocycles. The fraction of sp³-hybridized carbons (Fsp3) is 0.267. The molecular weight excluding hydrogens is 484 g/mol. The Morgan fingerprint density at radius 3 is 2.57 bits per heavy atom. The molecule has 1 fully saturated rings. The summed E-state index contributed by atoms with van der Waals surface area (Å²) >= 11 is 1.62. The van der Waals surface area contributed by atoms with Crippen LogP contribution in [0.5, 0.6) is 5.75 Å². The summed E-state index contributed by atoms with van der Waals surface area (Å²) in [6.45, 7) is 3.97. The summed E-state index contributed by atoms with van der Waals surface area (Å²) in [5.41, 5.74) is 5.30. The second kappa shape index (κ2) is 11.7. The molecule has 5 rings (SSSR count). The third kappa shape index (κ3) is 6.06. The lowest BCUT2D eigenvalue weighted by atomic mass is 10.0. The Bertz CT molecular complexity index is 1340. The van der Waals surface area contributed by atoms with Gasteiger partial charge in [-0.1, -0.05) is 54.6 Å². The number of carbonyl (C=O) groups excluding carboxylic acids is 1. The number of hydrogen-bond acceptors (Lipinski definition) is 7. The summed E-state index contributed by atoms with van der Waals surface area (Å²) in [6.07, 6.45) is 0.648. The summed E-state index contributed by atoms with van der Waals surface area (Å²) < 4.78 is 17.0. The number of aryl methyl sites for hydroxylation is 1. The summed E-state index contributed by atoms with van der Waals surface area (Å²) in [6, 6.07) is 26.6. The van der Waals surface area contributed by atoms with Crippen LogP contribution in [0.2, 0.25) is 0 Å². The molecule has 37 heavy (non-hydrogen) atoms. The number of aromatic nitrogens is 1. The van der Waals surface area contributed by atoms with Crippen LogP contribution in [0.1, 0.15) is 17.0 Å². The predicted octanol–water partition coefficient (Wildman–Crippen LogP) is 5.99. The van der Waals surface area contributed by atoms with Crippen LogP contribution >= 0.6 is 11.8 Å². The molecular formula is C30H30N2O4S. The average molecular weight is 515 g/mol. The number of methoxy groups -OCH3 is 1. The van der Waals surface area contributed by atoms with Gasteiger partial charge in [0.25, 0.3) is 0 Å². The topological polar surface area (TPSA) is 64.8 Å². The van der Waals surface area contributed by atoms with Crippen LogP contribution in [-0.4, -0.2) is 47.2 Å². The Morgan fingerprint density at radius 2 is 1.78 bits per heavy atom. The summed E-state index contributed by atoms with van der Waals surface area (Å²) in [7, 11) is 1.44. The standard InChI is InChI=1S/C30H30N2O4S/c1-21-27(31-28(36-21)25-13-11-24(12-14-25)23-8-4-3-5-9-23)15-17-35-26-10-6-7-22(19-26)20-32-16-18-37-29(32)30(33)34-2/h3-14,19,29H,15-18,20H2,1-2H3. The van der Waals surface area contributed by atoms with Crippen molar-refractivity contribution in [1.82, 2.24) is 9.88 Å². The van der Waals surface area contributed by atoms with Gasteiger partial charge in [0, 0.05) is 30.8 Å².